The van der Waals surface area contributed by atoms with E-state index in [9.17, 15) is 9.59 Å². The van der Waals surface area contributed by atoms with Crippen molar-refractivity contribution in [3.05, 3.63) is 65.2 Å². The zero-order valence-electron chi connectivity index (χ0n) is 13.6. The summed E-state index contributed by atoms with van der Waals surface area (Å²) >= 11 is 0. The Morgan fingerprint density at radius 3 is 2.60 bits per heavy atom. The molecule has 2 N–H and O–H groups in total. The molecule has 0 heterocycles. The minimum atomic E-state index is -1.08. The molecule has 0 radical (unpaired) electrons. The van der Waals surface area contributed by atoms with Gasteiger partial charge in [0.15, 0.2) is 0 Å². The molecule has 0 aliphatic carbocycles. The van der Waals surface area contributed by atoms with Crippen molar-refractivity contribution in [3.8, 4) is 17.6 Å². The van der Waals surface area contributed by atoms with Crippen molar-refractivity contribution in [2.45, 2.75) is 6.61 Å². The molecule has 2 aromatic carbocycles. The maximum Gasteiger partial charge on any atom is 0.408 e. The van der Waals surface area contributed by atoms with Gasteiger partial charge in [-0.05, 0) is 23.8 Å². The van der Waals surface area contributed by atoms with E-state index in [4.69, 9.17) is 14.6 Å². The van der Waals surface area contributed by atoms with Crippen molar-refractivity contribution >= 4 is 12.1 Å². The predicted octanol–water partition coefficient (Wildman–Crippen LogP) is 2.67. The highest BCUT2D eigenvalue weighted by atomic mass is 16.5. The van der Waals surface area contributed by atoms with E-state index < -0.39 is 12.1 Å². The van der Waals surface area contributed by atoms with E-state index in [-0.39, 0.29) is 18.7 Å². The Morgan fingerprint density at radius 2 is 1.92 bits per heavy atom. The van der Waals surface area contributed by atoms with E-state index in [1.54, 1.807) is 6.07 Å². The molecular weight excluding hydrogens is 322 g/mol. The SMILES string of the molecule is COc1ccc(C(=O)O)c(C#CCNC(=O)OCc2ccccc2)c1. The van der Waals surface area contributed by atoms with Gasteiger partial charge in [0.25, 0.3) is 0 Å². The summed E-state index contributed by atoms with van der Waals surface area (Å²) in [6, 6.07) is 13.8. The Bertz CT molecular complexity index is 806. The van der Waals surface area contributed by atoms with E-state index in [2.05, 4.69) is 17.2 Å². The quantitative estimate of drug-likeness (QED) is 0.818. The lowest BCUT2D eigenvalue weighted by atomic mass is 10.1. The van der Waals surface area contributed by atoms with Crippen LogP contribution in [0.15, 0.2) is 48.5 Å². The summed E-state index contributed by atoms with van der Waals surface area (Å²) in [5.41, 5.74) is 1.26. The van der Waals surface area contributed by atoms with Gasteiger partial charge in [-0.3, -0.25) is 0 Å². The number of aromatic carboxylic acids is 1. The number of hydrogen-bond acceptors (Lipinski definition) is 4. The van der Waals surface area contributed by atoms with Crippen LogP contribution in [0.4, 0.5) is 4.79 Å². The van der Waals surface area contributed by atoms with Gasteiger partial charge in [-0.25, -0.2) is 9.59 Å². The highest BCUT2D eigenvalue weighted by Gasteiger charge is 2.09. The van der Waals surface area contributed by atoms with Gasteiger partial charge < -0.3 is 19.9 Å². The number of methoxy groups -OCH3 is 1. The normalized spacial score (nSPS) is 9.48. The number of ether oxygens (including phenoxy) is 2. The summed E-state index contributed by atoms with van der Waals surface area (Å²) in [6.45, 7) is 0.197. The molecule has 6 nitrogen and oxygen atoms in total. The van der Waals surface area contributed by atoms with Gasteiger partial charge in [0, 0.05) is 5.56 Å². The molecule has 0 atom stereocenters. The lowest BCUT2D eigenvalue weighted by Crippen LogP contribution is -2.24. The molecule has 0 fully saturated rings. The standard InChI is InChI=1S/C19H17NO5/c1-24-16-9-10-17(18(21)22)15(12-16)8-5-11-20-19(23)25-13-14-6-3-2-4-7-14/h2-4,6-7,9-10,12H,11,13H2,1H3,(H,20,23)(H,21,22). The van der Waals surface area contributed by atoms with Gasteiger partial charge in [0.1, 0.15) is 12.4 Å². The average molecular weight is 339 g/mol. The van der Waals surface area contributed by atoms with E-state index >= 15 is 0 Å². The van der Waals surface area contributed by atoms with Gasteiger partial charge in [-0.1, -0.05) is 42.2 Å². The first-order chi connectivity index (χ1) is 12.1. The summed E-state index contributed by atoms with van der Waals surface area (Å²) < 4.78 is 10.1. The summed E-state index contributed by atoms with van der Waals surface area (Å²) in [5.74, 6) is 4.84. The summed E-state index contributed by atoms with van der Waals surface area (Å²) in [7, 11) is 1.48. The fraction of sp³-hybridized carbons (Fsp3) is 0.158. The number of amides is 1. The number of carbonyl (C=O) groups is 2. The maximum atomic E-state index is 11.6. The van der Waals surface area contributed by atoms with Crippen LogP contribution in [0, 0.1) is 11.8 Å². The molecule has 0 spiro atoms. The van der Waals surface area contributed by atoms with E-state index in [0.29, 0.717) is 11.3 Å². The van der Waals surface area contributed by atoms with Crippen LogP contribution in [0.2, 0.25) is 0 Å². The Morgan fingerprint density at radius 1 is 1.16 bits per heavy atom. The molecule has 0 saturated carbocycles. The number of carbonyl (C=O) groups excluding carboxylic acids is 1. The van der Waals surface area contributed by atoms with Crippen LogP contribution < -0.4 is 10.1 Å². The van der Waals surface area contributed by atoms with Crippen molar-refractivity contribution in [1.82, 2.24) is 5.32 Å². The molecule has 1 amide bonds. The highest BCUT2D eigenvalue weighted by molar-refractivity contribution is 5.91. The second-order valence-corrected chi connectivity index (χ2v) is 4.93. The Kier molecular flexibility index (Phi) is 6.43. The van der Waals surface area contributed by atoms with Crippen LogP contribution in [0.1, 0.15) is 21.5 Å². The number of rotatable bonds is 5. The largest absolute Gasteiger partial charge is 0.497 e. The van der Waals surface area contributed by atoms with Gasteiger partial charge in [0.05, 0.1) is 19.2 Å². The summed E-state index contributed by atoms with van der Waals surface area (Å²) in [6.07, 6.45) is -0.595. The van der Waals surface area contributed by atoms with Gasteiger partial charge in [-0.2, -0.15) is 0 Å². The van der Waals surface area contributed by atoms with E-state index in [1.165, 1.54) is 19.2 Å². The molecule has 0 aliphatic rings. The molecule has 0 aromatic heterocycles. The number of alkyl carbamates (subject to hydrolysis) is 1. The summed E-state index contributed by atoms with van der Waals surface area (Å²) in [5, 5.41) is 11.6. The van der Waals surface area contributed by atoms with Crippen molar-refractivity contribution in [1.29, 1.82) is 0 Å². The molecule has 2 rings (SSSR count). The lowest BCUT2D eigenvalue weighted by molar-refractivity contribution is 0.0696. The molecule has 0 unspecified atom stereocenters. The molecule has 2 aromatic rings. The smallest absolute Gasteiger partial charge is 0.408 e. The Labute approximate surface area is 145 Å². The fourth-order valence-corrected chi connectivity index (χ4v) is 1.97. The topological polar surface area (TPSA) is 84.9 Å². The molecule has 6 heteroatoms. The van der Waals surface area contributed by atoms with Crippen LogP contribution >= 0.6 is 0 Å². The van der Waals surface area contributed by atoms with Crippen LogP contribution in [-0.2, 0) is 11.3 Å². The third-order valence-corrected chi connectivity index (χ3v) is 3.21. The lowest BCUT2D eigenvalue weighted by Gasteiger charge is -2.05. The first kappa shape index (κ1) is 17.9. The summed E-state index contributed by atoms with van der Waals surface area (Å²) in [4.78, 5) is 22.8. The number of hydrogen-bond donors (Lipinski definition) is 2. The maximum absolute atomic E-state index is 11.6. The van der Waals surface area contributed by atoms with Crippen LogP contribution in [0.5, 0.6) is 5.75 Å². The molecule has 128 valence electrons. The highest BCUT2D eigenvalue weighted by Crippen LogP contribution is 2.16. The average Bonchev–Trinajstić information content (AvgIpc) is 2.64. The first-order valence-electron chi connectivity index (χ1n) is 7.45. The number of carboxylic acids is 1. The van der Waals surface area contributed by atoms with Crippen molar-refractivity contribution in [2.75, 3.05) is 13.7 Å². The van der Waals surface area contributed by atoms with Crippen molar-refractivity contribution in [2.24, 2.45) is 0 Å². The number of benzene rings is 2. The van der Waals surface area contributed by atoms with E-state index in [0.717, 1.165) is 5.56 Å². The van der Waals surface area contributed by atoms with Gasteiger partial charge in [-0.15, -0.1) is 0 Å². The van der Waals surface area contributed by atoms with Crippen LogP contribution in [0.3, 0.4) is 0 Å². The third-order valence-electron chi connectivity index (χ3n) is 3.21. The Hall–Kier alpha value is -3.46. The van der Waals surface area contributed by atoms with E-state index in [1.807, 2.05) is 30.3 Å². The predicted molar refractivity (Wildman–Crippen MR) is 91.5 cm³/mol. The molecule has 0 bridgehead atoms. The second kappa shape index (κ2) is 8.99. The number of carboxylic acid groups (broad SMARTS) is 1. The van der Waals surface area contributed by atoms with Crippen molar-refractivity contribution < 1.29 is 24.2 Å². The molecule has 0 aliphatic heterocycles. The van der Waals surface area contributed by atoms with Gasteiger partial charge in [0.2, 0.25) is 0 Å². The minimum Gasteiger partial charge on any atom is -0.497 e. The zero-order valence-corrected chi connectivity index (χ0v) is 13.6. The second-order valence-electron chi connectivity index (χ2n) is 4.93. The first-order valence-corrected chi connectivity index (χ1v) is 7.45. The third kappa shape index (κ3) is 5.59. The Balaban J connectivity index is 1.89. The monoisotopic (exact) mass is 339 g/mol. The van der Waals surface area contributed by atoms with Crippen LogP contribution in [0.25, 0.3) is 0 Å². The fourth-order valence-electron chi connectivity index (χ4n) is 1.97. The zero-order chi connectivity index (χ0) is 18.1. The molecule has 0 saturated heterocycles. The van der Waals surface area contributed by atoms with Gasteiger partial charge >= 0.3 is 12.1 Å². The van der Waals surface area contributed by atoms with Crippen molar-refractivity contribution in [3.63, 3.8) is 0 Å². The van der Waals surface area contributed by atoms with Crippen LogP contribution in [-0.4, -0.2) is 30.8 Å². The number of nitrogens with one attached hydrogen (secondary N) is 1. The molecular formula is C19H17NO5. The molecule has 25 heavy (non-hydrogen) atoms. The minimum absolute atomic E-state index is 0.0316.